The van der Waals surface area contributed by atoms with Crippen LogP contribution in [0.4, 0.5) is 4.39 Å². The number of nitrogens with one attached hydrogen (secondary N) is 2. The lowest BCUT2D eigenvalue weighted by molar-refractivity contribution is 0.409. The van der Waals surface area contributed by atoms with E-state index in [1.807, 2.05) is 31.5 Å². The predicted molar refractivity (Wildman–Crippen MR) is 125 cm³/mol. The average Bonchev–Trinajstić information content (AvgIpc) is 3.00. The molecule has 3 rings (SSSR count). The van der Waals surface area contributed by atoms with E-state index >= 15 is 0 Å². The molecule has 0 saturated heterocycles. The van der Waals surface area contributed by atoms with E-state index in [1.54, 1.807) is 6.07 Å². The van der Waals surface area contributed by atoms with E-state index in [-0.39, 0.29) is 29.8 Å². The Morgan fingerprint density at radius 3 is 2.62 bits per heavy atom. The molecule has 0 radical (unpaired) electrons. The van der Waals surface area contributed by atoms with Gasteiger partial charge in [-0.15, -0.1) is 34.2 Å². The number of aryl methyl sites for hydroxylation is 2. The van der Waals surface area contributed by atoms with Crippen LogP contribution in [-0.4, -0.2) is 33.3 Å². The summed E-state index contributed by atoms with van der Waals surface area (Å²) < 4.78 is 15.3. The lowest BCUT2D eigenvalue weighted by atomic mass is 9.96. The molecule has 0 aliphatic heterocycles. The number of halogens is 2. The quantitative estimate of drug-likeness (QED) is 0.350. The maximum absolute atomic E-state index is 13.3. The van der Waals surface area contributed by atoms with Crippen LogP contribution in [0.15, 0.2) is 23.2 Å². The summed E-state index contributed by atoms with van der Waals surface area (Å²) >= 11 is 0. The Morgan fingerprint density at radius 2 is 1.97 bits per heavy atom. The molecule has 1 aromatic carbocycles. The second-order valence-electron chi connectivity index (χ2n) is 7.61. The van der Waals surface area contributed by atoms with Gasteiger partial charge in [-0.05, 0) is 56.4 Å². The van der Waals surface area contributed by atoms with Gasteiger partial charge in [0, 0.05) is 19.6 Å². The van der Waals surface area contributed by atoms with Crippen LogP contribution in [0, 0.1) is 19.7 Å². The fourth-order valence-electron chi connectivity index (χ4n) is 3.59. The standard InChI is InChI=1S/C21H31FN6.HI/c1-15-13-18(22)10-9-17(15)11-12-23-21(25-19-7-5-4-6-8-19)24-14-20-27-26-16(2)28(20)3;/h9-10,13,19H,4-8,11-12,14H2,1-3H3,(H2,23,24,25);1H. The maximum Gasteiger partial charge on any atom is 0.191 e. The fraction of sp³-hybridized carbons (Fsp3) is 0.571. The zero-order valence-corrected chi connectivity index (χ0v) is 19.9. The van der Waals surface area contributed by atoms with Gasteiger partial charge < -0.3 is 15.2 Å². The van der Waals surface area contributed by atoms with Crippen molar-refractivity contribution in [2.24, 2.45) is 12.0 Å². The molecule has 0 amide bonds. The Labute approximate surface area is 189 Å². The van der Waals surface area contributed by atoms with Gasteiger partial charge in [0.25, 0.3) is 0 Å². The van der Waals surface area contributed by atoms with Gasteiger partial charge in [-0.3, -0.25) is 0 Å². The number of guanidine groups is 1. The molecule has 1 aromatic heterocycles. The summed E-state index contributed by atoms with van der Waals surface area (Å²) in [6.07, 6.45) is 7.03. The maximum atomic E-state index is 13.3. The molecule has 2 N–H and O–H groups in total. The molecule has 1 aliphatic carbocycles. The number of nitrogens with zero attached hydrogens (tertiary/aromatic N) is 4. The highest BCUT2D eigenvalue weighted by Gasteiger charge is 2.15. The van der Waals surface area contributed by atoms with Crippen molar-refractivity contribution in [3.8, 4) is 0 Å². The molecule has 0 unspecified atom stereocenters. The van der Waals surface area contributed by atoms with Crippen molar-refractivity contribution < 1.29 is 4.39 Å². The third-order valence-corrected chi connectivity index (χ3v) is 5.50. The summed E-state index contributed by atoms with van der Waals surface area (Å²) in [6.45, 7) is 5.10. The Morgan fingerprint density at radius 1 is 1.21 bits per heavy atom. The van der Waals surface area contributed by atoms with Gasteiger partial charge in [0.15, 0.2) is 11.8 Å². The molecule has 1 saturated carbocycles. The van der Waals surface area contributed by atoms with Crippen molar-refractivity contribution in [2.75, 3.05) is 6.54 Å². The van der Waals surface area contributed by atoms with E-state index in [0.717, 1.165) is 41.7 Å². The average molecular weight is 514 g/mol. The predicted octanol–water partition coefficient (Wildman–Crippen LogP) is 3.80. The van der Waals surface area contributed by atoms with Crippen LogP contribution in [0.1, 0.15) is 54.9 Å². The van der Waals surface area contributed by atoms with Crippen LogP contribution in [0.3, 0.4) is 0 Å². The topological polar surface area (TPSA) is 67.1 Å². The Bertz CT molecular complexity index is 813. The molecule has 1 heterocycles. The zero-order valence-electron chi connectivity index (χ0n) is 17.5. The van der Waals surface area contributed by atoms with Gasteiger partial charge in [-0.25, -0.2) is 9.38 Å². The number of rotatable bonds is 6. The largest absolute Gasteiger partial charge is 0.356 e. The first kappa shape index (κ1) is 23.6. The lowest BCUT2D eigenvalue weighted by Crippen LogP contribution is -2.45. The SMILES string of the molecule is Cc1cc(F)ccc1CCNC(=NCc1nnc(C)n1C)NC1CCCCC1.I. The van der Waals surface area contributed by atoms with Crippen LogP contribution in [0.2, 0.25) is 0 Å². The highest BCUT2D eigenvalue weighted by Crippen LogP contribution is 2.17. The van der Waals surface area contributed by atoms with Gasteiger partial charge in [0.05, 0.1) is 0 Å². The second-order valence-corrected chi connectivity index (χ2v) is 7.61. The Kier molecular flexibility index (Phi) is 9.32. The number of hydrogen-bond donors (Lipinski definition) is 2. The van der Waals surface area contributed by atoms with Crippen molar-refractivity contribution in [3.05, 3.63) is 46.8 Å². The zero-order chi connectivity index (χ0) is 19.9. The normalized spacial score (nSPS) is 15.1. The van der Waals surface area contributed by atoms with Crippen molar-refractivity contribution in [2.45, 2.75) is 65.0 Å². The van der Waals surface area contributed by atoms with E-state index < -0.39 is 0 Å². The summed E-state index contributed by atoms with van der Waals surface area (Å²) in [5, 5.41) is 15.3. The molecule has 0 spiro atoms. The first-order valence-electron chi connectivity index (χ1n) is 10.2. The van der Waals surface area contributed by atoms with Crippen LogP contribution in [0.5, 0.6) is 0 Å². The first-order valence-corrected chi connectivity index (χ1v) is 10.2. The van der Waals surface area contributed by atoms with Gasteiger partial charge in [0.2, 0.25) is 0 Å². The number of aromatic nitrogens is 3. The molecule has 1 aliphatic rings. The van der Waals surface area contributed by atoms with Gasteiger partial charge in [-0.1, -0.05) is 25.3 Å². The van der Waals surface area contributed by atoms with Crippen LogP contribution < -0.4 is 10.6 Å². The van der Waals surface area contributed by atoms with E-state index in [9.17, 15) is 4.39 Å². The smallest absolute Gasteiger partial charge is 0.191 e. The third-order valence-electron chi connectivity index (χ3n) is 5.50. The van der Waals surface area contributed by atoms with E-state index in [0.29, 0.717) is 12.6 Å². The minimum absolute atomic E-state index is 0. The minimum atomic E-state index is -0.186. The summed E-state index contributed by atoms with van der Waals surface area (Å²) in [7, 11) is 1.96. The Balaban J connectivity index is 0.00000300. The molecule has 6 nitrogen and oxygen atoms in total. The van der Waals surface area contributed by atoms with Crippen LogP contribution >= 0.6 is 24.0 Å². The number of benzene rings is 1. The summed E-state index contributed by atoms with van der Waals surface area (Å²) in [5.41, 5.74) is 2.13. The van der Waals surface area contributed by atoms with E-state index in [2.05, 4.69) is 20.8 Å². The molecular weight excluding hydrogens is 482 g/mol. The first-order chi connectivity index (χ1) is 13.5. The fourth-order valence-corrected chi connectivity index (χ4v) is 3.59. The highest BCUT2D eigenvalue weighted by molar-refractivity contribution is 14.0. The highest BCUT2D eigenvalue weighted by atomic mass is 127. The molecule has 8 heteroatoms. The van der Waals surface area contributed by atoms with Gasteiger partial charge in [0.1, 0.15) is 18.2 Å². The molecule has 29 heavy (non-hydrogen) atoms. The minimum Gasteiger partial charge on any atom is -0.356 e. The molecular formula is C21H32FIN6. The molecule has 2 aromatic rings. The van der Waals surface area contributed by atoms with Gasteiger partial charge >= 0.3 is 0 Å². The third kappa shape index (κ3) is 6.94. The van der Waals surface area contributed by atoms with E-state index in [1.165, 1.54) is 38.2 Å². The molecule has 1 fully saturated rings. The Hall–Kier alpha value is -1.71. The summed E-state index contributed by atoms with van der Waals surface area (Å²) in [5.74, 6) is 2.35. The lowest BCUT2D eigenvalue weighted by Gasteiger charge is -2.25. The van der Waals surface area contributed by atoms with Crippen molar-refractivity contribution in [1.82, 2.24) is 25.4 Å². The molecule has 160 valence electrons. The number of hydrogen-bond acceptors (Lipinski definition) is 3. The monoisotopic (exact) mass is 514 g/mol. The van der Waals surface area contributed by atoms with Crippen LogP contribution in [0.25, 0.3) is 0 Å². The van der Waals surface area contributed by atoms with E-state index in [4.69, 9.17) is 4.99 Å². The van der Waals surface area contributed by atoms with Crippen molar-refractivity contribution in [1.29, 1.82) is 0 Å². The second kappa shape index (κ2) is 11.5. The molecule has 0 bridgehead atoms. The van der Waals surface area contributed by atoms with Gasteiger partial charge in [-0.2, -0.15) is 0 Å². The van der Waals surface area contributed by atoms with Crippen molar-refractivity contribution in [3.63, 3.8) is 0 Å². The number of aliphatic imine (C=N–C) groups is 1. The molecule has 0 atom stereocenters. The summed E-state index contributed by atoms with van der Waals surface area (Å²) in [4.78, 5) is 4.74. The van der Waals surface area contributed by atoms with Crippen molar-refractivity contribution >= 4 is 29.9 Å². The summed E-state index contributed by atoms with van der Waals surface area (Å²) in [6, 6.07) is 5.43. The van der Waals surface area contributed by atoms with Crippen LogP contribution in [-0.2, 0) is 20.0 Å².